The molecular weight excluding hydrogens is 133 g/mol. The van der Waals surface area contributed by atoms with Crippen molar-refractivity contribution in [3.05, 3.63) is 17.7 Å². The number of aromatic nitrogens is 2. The van der Waals surface area contributed by atoms with Crippen LogP contribution in [-0.2, 0) is 0 Å². The van der Waals surface area contributed by atoms with Crippen LogP contribution in [0.4, 0.5) is 13.3 Å². The third-order valence-electron chi connectivity index (χ3n) is 0.893. The molecule has 0 saturated heterocycles. The van der Waals surface area contributed by atoms with Crippen molar-refractivity contribution in [2.24, 2.45) is 0 Å². The van der Waals surface area contributed by atoms with Gasteiger partial charge in [0, 0.05) is 0 Å². The predicted molar refractivity (Wildman–Crippen MR) is 23.4 cm³/mol. The molecule has 1 aromatic rings. The van der Waals surface area contributed by atoms with Crippen LogP contribution in [0.25, 0.3) is 0 Å². The van der Waals surface area contributed by atoms with Gasteiger partial charge in [0.25, 0.3) is 0 Å². The summed E-state index contributed by atoms with van der Waals surface area (Å²) in [6.45, 7) is 1.18. The van der Waals surface area contributed by atoms with Crippen molar-refractivity contribution in [1.29, 1.82) is 0 Å². The highest BCUT2D eigenvalue weighted by atomic mass is 19.2. The molecule has 0 aliphatic heterocycles. The highest BCUT2D eigenvalue weighted by Crippen LogP contribution is 2.06. The molecule has 9 heavy (non-hydrogen) atoms. The molecule has 0 aliphatic carbocycles. The highest BCUT2D eigenvalue weighted by molar-refractivity contribution is 4.95. The number of hydrogen-bond donors (Lipinski definition) is 0. The Bertz CT molecular complexity index is 207. The van der Waals surface area contributed by atoms with Crippen molar-refractivity contribution in [1.82, 2.24) is 9.77 Å². The molecule has 5 heteroatoms. The van der Waals surface area contributed by atoms with E-state index in [1.807, 2.05) is 0 Å². The molecule has 50 valence electrons. The molecule has 1 aromatic heterocycles. The Hall–Kier alpha value is -1.00. The van der Waals surface area contributed by atoms with E-state index in [1.165, 1.54) is 6.92 Å². The summed E-state index contributed by atoms with van der Waals surface area (Å²) in [5.74, 6) is -1.28. The lowest BCUT2D eigenvalue weighted by Crippen LogP contribution is -1.89. The van der Waals surface area contributed by atoms with Gasteiger partial charge in [-0.2, -0.15) is 8.78 Å². The van der Waals surface area contributed by atoms with Crippen LogP contribution in [0, 0.1) is 18.9 Å². The number of hydrogen-bond acceptors (Lipinski definition) is 1. The van der Waals surface area contributed by atoms with Crippen LogP contribution in [0.5, 0.6) is 0 Å². The van der Waals surface area contributed by atoms with E-state index in [2.05, 4.69) is 4.98 Å². The maximum Gasteiger partial charge on any atom is 0.320 e. The van der Waals surface area contributed by atoms with Gasteiger partial charge in [-0.05, 0) is 6.92 Å². The SMILES string of the molecule is Cc1nc(F)n(F)c1F. The van der Waals surface area contributed by atoms with Gasteiger partial charge in [-0.3, -0.25) is 0 Å². The first-order valence-electron chi connectivity index (χ1n) is 2.19. The zero-order chi connectivity index (χ0) is 7.02. The Labute approximate surface area is 48.9 Å². The first-order chi connectivity index (χ1) is 4.13. The van der Waals surface area contributed by atoms with Crippen molar-refractivity contribution in [2.75, 3.05) is 0 Å². The largest absolute Gasteiger partial charge is 0.320 e. The van der Waals surface area contributed by atoms with Crippen molar-refractivity contribution in [3.63, 3.8) is 0 Å². The maximum atomic E-state index is 12.0. The van der Waals surface area contributed by atoms with Crippen molar-refractivity contribution in [2.45, 2.75) is 6.92 Å². The monoisotopic (exact) mass is 136 g/mol. The summed E-state index contributed by atoms with van der Waals surface area (Å²) < 4.78 is 35.7. The van der Waals surface area contributed by atoms with Crippen molar-refractivity contribution < 1.29 is 13.3 Å². The van der Waals surface area contributed by atoms with Gasteiger partial charge in [0.15, 0.2) is 0 Å². The predicted octanol–water partition coefficient (Wildman–Crippen LogP) is 1.20. The van der Waals surface area contributed by atoms with E-state index in [1.54, 1.807) is 0 Å². The summed E-state index contributed by atoms with van der Waals surface area (Å²) in [5.41, 5.74) is -0.282. The lowest BCUT2D eigenvalue weighted by molar-refractivity contribution is 0.241. The molecule has 0 saturated carbocycles. The maximum absolute atomic E-state index is 12.0. The van der Waals surface area contributed by atoms with Gasteiger partial charge in [0.05, 0.1) is 5.69 Å². The fraction of sp³-hybridized carbons (Fsp3) is 0.250. The van der Waals surface area contributed by atoms with Crippen LogP contribution in [0.15, 0.2) is 0 Å². The van der Waals surface area contributed by atoms with Gasteiger partial charge in [0.1, 0.15) is 0 Å². The molecule has 0 atom stereocenters. The topological polar surface area (TPSA) is 17.8 Å². The molecular formula is C4H3F3N2. The first-order valence-corrected chi connectivity index (χ1v) is 2.19. The number of aryl methyl sites for hydroxylation is 1. The first kappa shape index (κ1) is 6.12. The van der Waals surface area contributed by atoms with Gasteiger partial charge >= 0.3 is 6.08 Å². The van der Waals surface area contributed by atoms with Crippen molar-refractivity contribution >= 4 is 0 Å². The Morgan fingerprint density at radius 2 is 2.00 bits per heavy atom. The average molecular weight is 136 g/mol. The number of rotatable bonds is 0. The van der Waals surface area contributed by atoms with Gasteiger partial charge in [-0.1, -0.05) is 4.48 Å². The third-order valence-corrected chi connectivity index (χ3v) is 0.893. The van der Waals surface area contributed by atoms with Crippen LogP contribution in [0.2, 0.25) is 0 Å². The van der Waals surface area contributed by atoms with Gasteiger partial charge < -0.3 is 0 Å². The number of halogens is 3. The minimum Gasteiger partial charge on any atom is -0.202 e. The van der Waals surface area contributed by atoms with E-state index >= 15 is 0 Å². The van der Waals surface area contributed by atoms with E-state index in [-0.39, 0.29) is 5.69 Å². The van der Waals surface area contributed by atoms with E-state index in [0.29, 0.717) is 0 Å². The summed E-state index contributed by atoms with van der Waals surface area (Å²) in [4.78, 5) is 2.12. The second-order valence-electron chi connectivity index (χ2n) is 1.54. The van der Waals surface area contributed by atoms with Gasteiger partial charge in [-0.25, -0.2) is 4.98 Å². The van der Waals surface area contributed by atoms with Gasteiger partial charge in [-0.15, -0.1) is 4.79 Å². The molecule has 0 spiro atoms. The van der Waals surface area contributed by atoms with Crippen LogP contribution in [0.3, 0.4) is 0 Å². The van der Waals surface area contributed by atoms with E-state index < -0.39 is 16.8 Å². The van der Waals surface area contributed by atoms with Crippen LogP contribution in [-0.4, -0.2) is 9.77 Å². The lowest BCUT2D eigenvalue weighted by atomic mass is 10.5. The quantitative estimate of drug-likeness (QED) is 0.524. The zero-order valence-corrected chi connectivity index (χ0v) is 4.53. The molecule has 2 nitrogen and oxygen atoms in total. The summed E-state index contributed by atoms with van der Waals surface area (Å²) >= 11 is 0. The number of imidazole rings is 1. The highest BCUT2D eigenvalue weighted by Gasteiger charge is 2.12. The average Bonchev–Trinajstić information content (AvgIpc) is 1.98. The molecule has 1 heterocycles. The van der Waals surface area contributed by atoms with E-state index in [0.717, 1.165) is 0 Å². The minimum atomic E-state index is -1.45. The molecule has 1 rings (SSSR count). The second kappa shape index (κ2) is 1.75. The Morgan fingerprint density at radius 1 is 1.44 bits per heavy atom. The molecule has 0 aliphatic rings. The molecule has 0 fully saturated rings. The van der Waals surface area contributed by atoms with Crippen LogP contribution < -0.4 is 0 Å². The molecule has 0 aromatic carbocycles. The fourth-order valence-electron chi connectivity index (χ4n) is 0.451. The van der Waals surface area contributed by atoms with E-state index in [4.69, 9.17) is 0 Å². The standard InChI is InChI=1S/C4H3F3N2/c1-2-3(5)9(7)4(6)8-2/h1H3. The van der Waals surface area contributed by atoms with Crippen molar-refractivity contribution in [3.8, 4) is 0 Å². The molecule has 0 N–H and O–H groups in total. The summed E-state index contributed by atoms with van der Waals surface area (Å²) in [5, 5.41) is 0. The Kier molecular flexibility index (Phi) is 1.19. The Balaban J connectivity index is 3.29. The molecule has 0 unspecified atom stereocenters. The fourth-order valence-corrected chi connectivity index (χ4v) is 0.451. The zero-order valence-electron chi connectivity index (χ0n) is 4.53. The summed E-state index contributed by atoms with van der Waals surface area (Å²) in [6.07, 6.45) is -1.45. The number of nitrogens with zero attached hydrogens (tertiary/aromatic N) is 2. The Morgan fingerprint density at radius 3 is 2.11 bits per heavy atom. The molecule has 0 bridgehead atoms. The van der Waals surface area contributed by atoms with E-state index in [9.17, 15) is 13.3 Å². The lowest BCUT2D eigenvalue weighted by Gasteiger charge is -1.81. The van der Waals surface area contributed by atoms with Gasteiger partial charge in [0.2, 0.25) is 5.95 Å². The second-order valence-corrected chi connectivity index (χ2v) is 1.54. The third kappa shape index (κ3) is 0.778. The summed E-state index contributed by atoms with van der Waals surface area (Å²) in [7, 11) is 0. The normalized spacial score (nSPS) is 10.2. The molecule has 0 radical (unpaired) electrons. The smallest absolute Gasteiger partial charge is 0.202 e. The van der Waals surface area contributed by atoms with Crippen LogP contribution >= 0.6 is 0 Å². The van der Waals surface area contributed by atoms with Crippen LogP contribution in [0.1, 0.15) is 5.69 Å². The molecule has 0 amide bonds. The minimum absolute atomic E-state index is 0.282. The summed E-state index contributed by atoms with van der Waals surface area (Å²) in [6, 6.07) is 0.